The zero-order chi connectivity index (χ0) is 20.8. The average molecular weight is 411 g/mol. The first-order valence-electron chi connectivity index (χ1n) is 9.78. The van der Waals surface area contributed by atoms with Gasteiger partial charge in [0.05, 0.1) is 0 Å². The number of hydrogen-bond acceptors (Lipinski definition) is 4. The van der Waals surface area contributed by atoms with E-state index in [0.29, 0.717) is 24.6 Å². The minimum Gasteiger partial charge on any atom is -0.368 e. The number of carbonyl (C=O) groups excluding carboxylic acids is 2. The number of aryl methyl sites for hydroxylation is 1. The van der Waals surface area contributed by atoms with Crippen molar-refractivity contribution < 1.29 is 9.59 Å². The number of amides is 2. The van der Waals surface area contributed by atoms with Crippen LogP contribution in [0.15, 0.2) is 48.5 Å². The number of rotatable bonds is 4. The summed E-state index contributed by atoms with van der Waals surface area (Å²) in [7, 11) is 0. The van der Waals surface area contributed by atoms with Crippen LogP contribution in [0, 0.1) is 6.92 Å². The molecule has 2 amide bonds. The maximum absolute atomic E-state index is 12.7. The van der Waals surface area contributed by atoms with Crippen LogP contribution in [-0.2, 0) is 4.79 Å². The molecule has 0 radical (unpaired) electrons. The summed E-state index contributed by atoms with van der Waals surface area (Å²) in [6, 6.07) is 15.6. The first-order valence-corrected chi connectivity index (χ1v) is 10.2. The molecule has 0 unspecified atom stereocenters. The van der Waals surface area contributed by atoms with Crippen LogP contribution < -0.4 is 15.5 Å². The highest BCUT2D eigenvalue weighted by molar-refractivity contribution is 7.80. The number of carbonyl (C=O) groups is 2. The molecule has 2 aromatic rings. The first-order chi connectivity index (χ1) is 14.0. The Morgan fingerprint density at radius 3 is 2.17 bits per heavy atom. The molecule has 0 aliphatic carbocycles. The van der Waals surface area contributed by atoms with Gasteiger partial charge in [0.25, 0.3) is 5.91 Å². The van der Waals surface area contributed by atoms with E-state index in [0.717, 1.165) is 35.6 Å². The SMILES string of the molecule is CCC(=O)NC(=S)Nc1ccc(N2CCN(C(=O)c3ccc(C)cc3)CC2)cc1. The first kappa shape index (κ1) is 20.8. The Hall–Kier alpha value is -2.93. The zero-order valence-electron chi connectivity index (χ0n) is 16.8. The molecule has 1 fully saturated rings. The lowest BCUT2D eigenvalue weighted by atomic mass is 10.1. The van der Waals surface area contributed by atoms with Gasteiger partial charge in [-0.3, -0.25) is 9.59 Å². The highest BCUT2D eigenvalue weighted by atomic mass is 32.1. The zero-order valence-corrected chi connectivity index (χ0v) is 17.6. The van der Waals surface area contributed by atoms with Crippen LogP contribution in [-0.4, -0.2) is 48.0 Å². The molecule has 2 N–H and O–H groups in total. The largest absolute Gasteiger partial charge is 0.368 e. The van der Waals surface area contributed by atoms with Gasteiger partial charge in [-0.25, -0.2) is 0 Å². The number of nitrogens with zero attached hydrogens (tertiary/aromatic N) is 2. The fourth-order valence-corrected chi connectivity index (χ4v) is 3.41. The van der Waals surface area contributed by atoms with Gasteiger partial charge in [-0.15, -0.1) is 0 Å². The molecule has 3 rings (SSSR count). The van der Waals surface area contributed by atoms with Crippen LogP contribution in [0.5, 0.6) is 0 Å². The van der Waals surface area contributed by atoms with Gasteiger partial charge in [-0.05, 0) is 55.5 Å². The van der Waals surface area contributed by atoms with Crippen molar-refractivity contribution in [2.45, 2.75) is 20.3 Å². The number of piperazine rings is 1. The third-order valence-corrected chi connectivity index (χ3v) is 5.13. The molecule has 0 spiro atoms. The minimum absolute atomic E-state index is 0.0897. The fraction of sp³-hybridized carbons (Fsp3) is 0.318. The van der Waals surface area contributed by atoms with Gasteiger partial charge in [-0.1, -0.05) is 24.6 Å². The molecular weight excluding hydrogens is 384 g/mol. The van der Waals surface area contributed by atoms with Crippen LogP contribution in [0.4, 0.5) is 11.4 Å². The van der Waals surface area contributed by atoms with Gasteiger partial charge < -0.3 is 20.4 Å². The van der Waals surface area contributed by atoms with Crippen molar-refractivity contribution in [2.24, 2.45) is 0 Å². The highest BCUT2D eigenvalue weighted by Crippen LogP contribution is 2.20. The van der Waals surface area contributed by atoms with E-state index >= 15 is 0 Å². The van der Waals surface area contributed by atoms with Crippen molar-refractivity contribution in [2.75, 3.05) is 36.4 Å². The van der Waals surface area contributed by atoms with E-state index in [2.05, 4.69) is 15.5 Å². The van der Waals surface area contributed by atoms with Crippen LogP contribution in [0.2, 0.25) is 0 Å². The lowest BCUT2D eigenvalue weighted by Crippen LogP contribution is -2.48. The molecule has 2 aromatic carbocycles. The topological polar surface area (TPSA) is 64.7 Å². The van der Waals surface area contributed by atoms with Gasteiger partial charge in [0.2, 0.25) is 5.91 Å². The lowest BCUT2D eigenvalue weighted by molar-refractivity contribution is -0.119. The highest BCUT2D eigenvalue weighted by Gasteiger charge is 2.22. The lowest BCUT2D eigenvalue weighted by Gasteiger charge is -2.36. The van der Waals surface area contributed by atoms with E-state index in [9.17, 15) is 9.59 Å². The Labute approximate surface area is 176 Å². The van der Waals surface area contributed by atoms with E-state index in [1.807, 2.05) is 60.4 Å². The monoisotopic (exact) mass is 410 g/mol. The molecule has 7 heteroatoms. The molecule has 152 valence electrons. The Kier molecular flexibility index (Phi) is 6.82. The summed E-state index contributed by atoms with van der Waals surface area (Å²) in [5, 5.41) is 5.93. The molecule has 0 saturated carbocycles. The second-order valence-corrected chi connectivity index (χ2v) is 7.46. The van der Waals surface area contributed by atoms with Crippen molar-refractivity contribution in [1.82, 2.24) is 10.2 Å². The maximum Gasteiger partial charge on any atom is 0.253 e. The molecule has 1 aliphatic heterocycles. The van der Waals surface area contributed by atoms with Gasteiger partial charge >= 0.3 is 0 Å². The van der Waals surface area contributed by atoms with Gasteiger partial charge in [0, 0.05) is 49.5 Å². The molecule has 1 aliphatic rings. The number of hydrogen-bond donors (Lipinski definition) is 2. The quantitative estimate of drug-likeness (QED) is 0.758. The summed E-state index contributed by atoms with van der Waals surface area (Å²) in [5.74, 6) is -0.0241. The van der Waals surface area contributed by atoms with Crippen molar-refractivity contribution in [1.29, 1.82) is 0 Å². The summed E-state index contributed by atoms with van der Waals surface area (Å²) in [4.78, 5) is 28.2. The smallest absolute Gasteiger partial charge is 0.253 e. The number of nitrogens with one attached hydrogen (secondary N) is 2. The Bertz CT molecular complexity index is 873. The van der Waals surface area contributed by atoms with E-state index in [1.54, 1.807) is 6.92 Å². The molecular formula is C22H26N4O2S. The molecule has 1 heterocycles. The van der Waals surface area contributed by atoms with Crippen LogP contribution in [0.3, 0.4) is 0 Å². The van der Waals surface area contributed by atoms with Gasteiger partial charge in [-0.2, -0.15) is 0 Å². The second-order valence-electron chi connectivity index (χ2n) is 7.05. The standard InChI is InChI=1S/C22H26N4O2S/c1-3-20(27)24-22(29)23-18-8-10-19(11-9-18)25-12-14-26(15-13-25)21(28)17-6-4-16(2)5-7-17/h4-11H,3,12-15H2,1-2H3,(H2,23,24,27,29). The molecule has 0 atom stereocenters. The average Bonchev–Trinajstić information content (AvgIpc) is 2.74. The Morgan fingerprint density at radius 1 is 0.966 bits per heavy atom. The summed E-state index contributed by atoms with van der Waals surface area (Å²) < 4.78 is 0. The normalized spacial score (nSPS) is 13.7. The van der Waals surface area contributed by atoms with Crippen molar-refractivity contribution >= 4 is 40.5 Å². The summed E-state index contributed by atoms with van der Waals surface area (Å²) in [5.41, 5.74) is 3.81. The number of thiocarbonyl (C=S) groups is 1. The molecule has 6 nitrogen and oxygen atoms in total. The third kappa shape index (κ3) is 5.54. The van der Waals surface area contributed by atoms with Crippen LogP contribution >= 0.6 is 12.2 Å². The van der Waals surface area contributed by atoms with Crippen molar-refractivity contribution in [3.8, 4) is 0 Å². The Balaban J connectivity index is 1.53. The molecule has 1 saturated heterocycles. The summed E-state index contributed by atoms with van der Waals surface area (Å²) >= 11 is 5.13. The van der Waals surface area contributed by atoms with Gasteiger partial charge in [0.1, 0.15) is 0 Å². The maximum atomic E-state index is 12.7. The second kappa shape index (κ2) is 9.52. The Morgan fingerprint density at radius 2 is 1.59 bits per heavy atom. The molecule has 0 aromatic heterocycles. The van der Waals surface area contributed by atoms with Gasteiger partial charge in [0.15, 0.2) is 5.11 Å². The summed E-state index contributed by atoms with van der Waals surface area (Å²) in [6.07, 6.45) is 0.388. The predicted molar refractivity (Wildman–Crippen MR) is 120 cm³/mol. The number of anilines is 2. The third-order valence-electron chi connectivity index (χ3n) is 4.93. The van der Waals surface area contributed by atoms with E-state index in [1.165, 1.54) is 0 Å². The minimum atomic E-state index is -0.114. The number of benzene rings is 2. The summed E-state index contributed by atoms with van der Waals surface area (Å²) in [6.45, 7) is 6.76. The van der Waals surface area contributed by atoms with Crippen LogP contribution in [0.25, 0.3) is 0 Å². The van der Waals surface area contributed by atoms with E-state index in [4.69, 9.17) is 12.2 Å². The van der Waals surface area contributed by atoms with E-state index < -0.39 is 0 Å². The van der Waals surface area contributed by atoms with E-state index in [-0.39, 0.29) is 11.8 Å². The fourth-order valence-electron chi connectivity index (χ4n) is 3.18. The molecule has 29 heavy (non-hydrogen) atoms. The predicted octanol–water partition coefficient (Wildman–Crippen LogP) is 3.18. The van der Waals surface area contributed by atoms with Crippen LogP contribution in [0.1, 0.15) is 29.3 Å². The van der Waals surface area contributed by atoms with Crippen molar-refractivity contribution in [3.05, 3.63) is 59.7 Å². The molecule has 0 bridgehead atoms. The van der Waals surface area contributed by atoms with Crippen molar-refractivity contribution in [3.63, 3.8) is 0 Å².